The van der Waals surface area contributed by atoms with E-state index < -0.39 is 0 Å². The van der Waals surface area contributed by atoms with E-state index in [2.05, 4.69) is 22.9 Å². The molecule has 1 aliphatic heterocycles. The van der Waals surface area contributed by atoms with Crippen molar-refractivity contribution in [2.24, 2.45) is 0 Å². The molecule has 1 amide bonds. The van der Waals surface area contributed by atoms with Gasteiger partial charge in [-0.25, -0.2) is 0 Å². The van der Waals surface area contributed by atoms with E-state index in [4.69, 9.17) is 11.6 Å². The molecule has 1 aromatic rings. The van der Waals surface area contributed by atoms with Crippen molar-refractivity contribution in [1.29, 1.82) is 0 Å². The van der Waals surface area contributed by atoms with E-state index in [0.717, 1.165) is 48.8 Å². The molecule has 2 rings (SSSR count). The summed E-state index contributed by atoms with van der Waals surface area (Å²) < 4.78 is 0.997. The van der Waals surface area contributed by atoms with Gasteiger partial charge in [-0.1, -0.05) is 0 Å². The Hall–Kier alpha value is -0.0600. The number of rotatable bonds is 4. The maximum absolute atomic E-state index is 12.5. The van der Waals surface area contributed by atoms with Gasteiger partial charge in [-0.15, -0.1) is 22.9 Å². The number of unbranched alkanes of at least 4 members (excludes halogenated alkanes) is 1. The van der Waals surface area contributed by atoms with Crippen molar-refractivity contribution in [2.45, 2.75) is 32.6 Å². The van der Waals surface area contributed by atoms with E-state index >= 15 is 0 Å². The molecule has 2 nitrogen and oxygen atoms in total. The second-order valence-electron chi connectivity index (χ2n) is 4.56. The third kappa shape index (κ3) is 2.91. The molecule has 2 heterocycles. The van der Waals surface area contributed by atoms with Gasteiger partial charge >= 0.3 is 0 Å². The van der Waals surface area contributed by atoms with Crippen molar-refractivity contribution in [3.05, 3.63) is 19.8 Å². The van der Waals surface area contributed by atoms with Crippen LogP contribution >= 0.6 is 38.9 Å². The van der Waals surface area contributed by atoms with Gasteiger partial charge in [0.1, 0.15) is 0 Å². The van der Waals surface area contributed by atoms with Gasteiger partial charge in [0.05, 0.1) is 5.56 Å². The molecule has 0 aromatic carbocycles. The Kier molecular flexibility index (Phi) is 5.10. The standard InChI is InChI=1S/C13H17BrClNOS/c1-9-12(14)11-10(18-9)5-4-8-16(13(11)17)7-3-2-6-15/h2-8H2,1H3. The molecule has 100 valence electrons. The average Bonchev–Trinajstić information content (AvgIpc) is 2.53. The van der Waals surface area contributed by atoms with Crippen molar-refractivity contribution >= 4 is 44.8 Å². The first kappa shape index (κ1) is 14.4. The predicted octanol–water partition coefficient (Wildman–Crippen LogP) is 4.23. The zero-order chi connectivity index (χ0) is 13.1. The van der Waals surface area contributed by atoms with Crippen LogP contribution in [0.4, 0.5) is 0 Å². The summed E-state index contributed by atoms with van der Waals surface area (Å²) in [6.45, 7) is 3.76. The number of fused-ring (bicyclic) bond motifs is 1. The number of hydrogen-bond donors (Lipinski definition) is 0. The number of aryl methyl sites for hydroxylation is 2. The first-order chi connectivity index (χ1) is 8.65. The lowest BCUT2D eigenvalue weighted by molar-refractivity contribution is 0.0758. The number of thiophene rings is 1. The Morgan fingerprint density at radius 2 is 2.22 bits per heavy atom. The third-order valence-electron chi connectivity index (χ3n) is 3.23. The summed E-state index contributed by atoms with van der Waals surface area (Å²) in [6.07, 6.45) is 4.05. The van der Waals surface area contributed by atoms with Gasteiger partial charge < -0.3 is 4.90 Å². The van der Waals surface area contributed by atoms with Crippen LogP contribution in [0.1, 0.15) is 39.4 Å². The molecule has 0 aliphatic carbocycles. The highest BCUT2D eigenvalue weighted by atomic mass is 79.9. The molecule has 0 unspecified atom stereocenters. The molecule has 0 radical (unpaired) electrons. The number of halogens is 2. The predicted molar refractivity (Wildman–Crippen MR) is 80.9 cm³/mol. The van der Waals surface area contributed by atoms with Crippen molar-refractivity contribution < 1.29 is 4.79 Å². The van der Waals surface area contributed by atoms with Crippen LogP contribution < -0.4 is 0 Å². The van der Waals surface area contributed by atoms with E-state index in [-0.39, 0.29) is 5.91 Å². The van der Waals surface area contributed by atoms with E-state index in [1.54, 1.807) is 11.3 Å². The van der Waals surface area contributed by atoms with Gasteiger partial charge in [-0.05, 0) is 48.5 Å². The van der Waals surface area contributed by atoms with Crippen LogP contribution in [0.15, 0.2) is 4.47 Å². The van der Waals surface area contributed by atoms with Gasteiger partial charge in [0, 0.05) is 33.2 Å². The SMILES string of the molecule is Cc1sc2c(c1Br)C(=O)N(CCCCCl)CCC2. The maximum Gasteiger partial charge on any atom is 0.256 e. The fraction of sp³-hybridized carbons (Fsp3) is 0.615. The smallest absolute Gasteiger partial charge is 0.256 e. The maximum atomic E-state index is 12.5. The zero-order valence-corrected chi connectivity index (χ0v) is 13.6. The average molecular weight is 351 g/mol. The molecule has 0 N–H and O–H groups in total. The van der Waals surface area contributed by atoms with Gasteiger partial charge in [0.2, 0.25) is 0 Å². The summed E-state index contributed by atoms with van der Waals surface area (Å²) in [7, 11) is 0. The van der Waals surface area contributed by atoms with E-state index in [1.165, 1.54) is 9.75 Å². The Morgan fingerprint density at radius 3 is 2.94 bits per heavy atom. The molecular weight excluding hydrogens is 334 g/mol. The Labute approximate surface area is 125 Å². The number of amides is 1. The lowest BCUT2D eigenvalue weighted by Gasteiger charge is -2.20. The zero-order valence-electron chi connectivity index (χ0n) is 10.5. The molecule has 0 atom stereocenters. The van der Waals surface area contributed by atoms with Crippen LogP contribution in [0.5, 0.6) is 0 Å². The second kappa shape index (κ2) is 6.40. The minimum Gasteiger partial charge on any atom is -0.339 e. The third-order valence-corrected chi connectivity index (χ3v) is 5.91. The fourth-order valence-corrected chi connectivity index (χ4v) is 4.34. The number of hydrogen-bond acceptors (Lipinski definition) is 2. The first-order valence-corrected chi connectivity index (χ1v) is 8.42. The van der Waals surface area contributed by atoms with Crippen LogP contribution in [-0.2, 0) is 6.42 Å². The normalized spacial score (nSPS) is 15.7. The van der Waals surface area contributed by atoms with Gasteiger partial charge in [0.25, 0.3) is 5.91 Å². The summed E-state index contributed by atoms with van der Waals surface area (Å²) in [6, 6.07) is 0. The van der Waals surface area contributed by atoms with Crippen LogP contribution in [-0.4, -0.2) is 29.8 Å². The van der Waals surface area contributed by atoms with Crippen LogP contribution in [0, 0.1) is 6.92 Å². The minimum atomic E-state index is 0.188. The first-order valence-electron chi connectivity index (χ1n) is 6.28. The van der Waals surface area contributed by atoms with Gasteiger partial charge in [-0.3, -0.25) is 4.79 Å². The minimum absolute atomic E-state index is 0.188. The van der Waals surface area contributed by atoms with E-state index in [9.17, 15) is 4.79 Å². The van der Waals surface area contributed by atoms with Crippen molar-refractivity contribution in [3.63, 3.8) is 0 Å². The molecule has 1 aliphatic rings. The molecule has 5 heteroatoms. The molecule has 1 aromatic heterocycles. The molecule has 0 fully saturated rings. The van der Waals surface area contributed by atoms with Crippen LogP contribution in [0.3, 0.4) is 0 Å². The summed E-state index contributed by atoms with van der Waals surface area (Å²) >= 11 is 11.0. The quantitative estimate of drug-likeness (QED) is 0.588. The topological polar surface area (TPSA) is 20.3 Å². The fourth-order valence-electron chi connectivity index (χ4n) is 2.27. The van der Waals surface area contributed by atoms with Gasteiger partial charge in [0.15, 0.2) is 0 Å². The largest absolute Gasteiger partial charge is 0.339 e. The van der Waals surface area contributed by atoms with E-state index in [1.807, 2.05) is 4.90 Å². The molecule has 0 saturated heterocycles. The summed E-state index contributed by atoms with van der Waals surface area (Å²) in [5, 5.41) is 0. The highest BCUT2D eigenvalue weighted by Gasteiger charge is 2.27. The van der Waals surface area contributed by atoms with Crippen molar-refractivity contribution in [2.75, 3.05) is 19.0 Å². The molecule has 0 spiro atoms. The number of carbonyl (C=O) groups is 1. The van der Waals surface area contributed by atoms with Crippen molar-refractivity contribution in [1.82, 2.24) is 4.90 Å². The van der Waals surface area contributed by atoms with Crippen LogP contribution in [0.25, 0.3) is 0 Å². The Balaban J connectivity index is 2.17. The lowest BCUT2D eigenvalue weighted by atomic mass is 10.2. The molecule has 0 bridgehead atoms. The molecule has 0 saturated carbocycles. The van der Waals surface area contributed by atoms with Crippen molar-refractivity contribution in [3.8, 4) is 0 Å². The molecular formula is C13H17BrClNOS. The number of alkyl halides is 1. The Morgan fingerprint density at radius 1 is 1.44 bits per heavy atom. The molecule has 18 heavy (non-hydrogen) atoms. The van der Waals surface area contributed by atoms with E-state index in [0.29, 0.717) is 5.88 Å². The van der Waals surface area contributed by atoms with Crippen LogP contribution in [0.2, 0.25) is 0 Å². The Bertz CT molecular complexity index is 446. The number of nitrogens with zero attached hydrogens (tertiary/aromatic N) is 1. The van der Waals surface area contributed by atoms with Gasteiger partial charge in [-0.2, -0.15) is 0 Å². The highest BCUT2D eigenvalue weighted by molar-refractivity contribution is 9.10. The summed E-state index contributed by atoms with van der Waals surface area (Å²) in [5.74, 6) is 0.863. The highest BCUT2D eigenvalue weighted by Crippen LogP contribution is 2.35. The summed E-state index contributed by atoms with van der Waals surface area (Å²) in [5.41, 5.74) is 0.904. The second-order valence-corrected chi connectivity index (χ2v) is 7.04. The lowest BCUT2D eigenvalue weighted by Crippen LogP contribution is -2.32. The number of carbonyl (C=O) groups excluding carboxylic acids is 1. The monoisotopic (exact) mass is 349 g/mol. The summed E-state index contributed by atoms with van der Waals surface area (Å²) in [4.78, 5) is 17.0.